The highest BCUT2D eigenvalue weighted by molar-refractivity contribution is 7.96. The zero-order valence-electron chi connectivity index (χ0n) is 7.77. The second-order valence-electron chi connectivity index (χ2n) is 2.98. The lowest BCUT2D eigenvalue weighted by molar-refractivity contribution is 0.220. The molecule has 0 radical (unpaired) electrons. The largest absolute Gasteiger partial charge is 0.330 e. The molecule has 0 bridgehead atoms. The molecule has 1 amide bonds. The number of carbonyl (C=O) groups excluding carboxylic acids is 1. The molecule has 1 atom stereocenters. The highest BCUT2D eigenvalue weighted by atomic mass is 32.1. The fourth-order valence-corrected chi connectivity index (χ4v) is 1.29. The topological polar surface area (TPSA) is 20.3 Å². The van der Waals surface area contributed by atoms with Crippen LogP contribution in [0.15, 0.2) is 30.3 Å². The molecule has 3 heteroatoms. The van der Waals surface area contributed by atoms with Gasteiger partial charge in [0.15, 0.2) is 0 Å². The lowest BCUT2D eigenvalue weighted by Crippen LogP contribution is -2.24. The molecule has 0 aliphatic carbocycles. The van der Waals surface area contributed by atoms with Crippen LogP contribution in [0, 0.1) is 0 Å². The molecule has 0 fully saturated rings. The molecule has 0 N–H and O–H groups in total. The van der Waals surface area contributed by atoms with Crippen LogP contribution in [0.4, 0.5) is 4.79 Å². The van der Waals surface area contributed by atoms with E-state index >= 15 is 0 Å². The first-order chi connectivity index (χ1) is 6.13. The van der Waals surface area contributed by atoms with E-state index in [4.69, 9.17) is 0 Å². The van der Waals surface area contributed by atoms with Crippen molar-refractivity contribution in [1.29, 1.82) is 0 Å². The molecule has 13 heavy (non-hydrogen) atoms. The molecule has 0 spiro atoms. The van der Waals surface area contributed by atoms with Gasteiger partial charge in [0, 0.05) is 7.05 Å². The third-order valence-corrected chi connectivity index (χ3v) is 2.48. The van der Waals surface area contributed by atoms with Crippen LogP contribution in [0.2, 0.25) is 0 Å². The van der Waals surface area contributed by atoms with E-state index < -0.39 is 0 Å². The van der Waals surface area contributed by atoms with Crippen molar-refractivity contribution in [3.63, 3.8) is 0 Å². The van der Waals surface area contributed by atoms with Crippen molar-refractivity contribution in [3.05, 3.63) is 35.9 Å². The van der Waals surface area contributed by atoms with Gasteiger partial charge in [-0.25, -0.2) is 0 Å². The number of hydrogen-bond donors (Lipinski definition) is 1. The minimum atomic E-state index is -0.212. The minimum absolute atomic E-state index is 0.0752. The Morgan fingerprint density at radius 2 is 1.92 bits per heavy atom. The summed E-state index contributed by atoms with van der Waals surface area (Å²) in [4.78, 5) is 12.5. The van der Waals surface area contributed by atoms with Gasteiger partial charge >= 0.3 is 0 Å². The summed E-state index contributed by atoms with van der Waals surface area (Å²) in [5.41, 5.74) is 1.12. The lowest BCUT2D eigenvalue weighted by atomic mass is 10.1. The number of hydrogen-bond acceptors (Lipinski definition) is 1. The normalized spacial score (nSPS) is 12.2. The number of amides is 1. The van der Waals surface area contributed by atoms with Crippen molar-refractivity contribution in [1.82, 2.24) is 4.90 Å². The maximum Gasteiger partial charge on any atom is 0.278 e. The Labute approximate surface area is 84.0 Å². The van der Waals surface area contributed by atoms with E-state index in [-0.39, 0.29) is 11.3 Å². The lowest BCUT2D eigenvalue weighted by Gasteiger charge is -2.22. The predicted octanol–water partition coefficient (Wildman–Crippen LogP) is 2.73. The molecule has 70 valence electrons. The number of benzene rings is 1. The van der Waals surface area contributed by atoms with Crippen molar-refractivity contribution in [3.8, 4) is 0 Å². The van der Waals surface area contributed by atoms with Gasteiger partial charge in [-0.1, -0.05) is 43.0 Å². The smallest absolute Gasteiger partial charge is 0.278 e. The Morgan fingerprint density at radius 3 is 2.38 bits per heavy atom. The number of thiol groups is 1. The molecule has 1 aromatic rings. The molecule has 2 nitrogen and oxygen atoms in total. The van der Waals surface area contributed by atoms with Gasteiger partial charge in [-0.05, 0) is 12.5 Å². The summed E-state index contributed by atoms with van der Waals surface area (Å²) in [5.74, 6) is 0. The highest BCUT2D eigenvalue weighted by Crippen LogP contribution is 2.18. The number of carbonyl (C=O) groups is 1. The second-order valence-corrected chi connectivity index (χ2v) is 3.36. The molecular formula is C10H13NOS. The van der Waals surface area contributed by atoms with Gasteiger partial charge in [0.2, 0.25) is 0 Å². The van der Waals surface area contributed by atoms with E-state index in [1.165, 1.54) is 0 Å². The summed E-state index contributed by atoms with van der Waals surface area (Å²) < 4.78 is 0. The Morgan fingerprint density at radius 1 is 1.38 bits per heavy atom. The molecule has 0 aromatic heterocycles. The van der Waals surface area contributed by atoms with Gasteiger partial charge in [0.25, 0.3) is 5.24 Å². The molecule has 0 aliphatic rings. The van der Waals surface area contributed by atoms with E-state index in [2.05, 4.69) is 12.6 Å². The van der Waals surface area contributed by atoms with Crippen LogP contribution in [-0.4, -0.2) is 17.2 Å². The van der Waals surface area contributed by atoms with Crippen molar-refractivity contribution in [2.75, 3.05) is 7.05 Å². The molecule has 0 saturated heterocycles. The van der Waals surface area contributed by atoms with Gasteiger partial charge in [0.05, 0.1) is 6.04 Å². The quantitative estimate of drug-likeness (QED) is 0.719. The summed E-state index contributed by atoms with van der Waals surface area (Å²) in [5, 5.41) is -0.212. The first-order valence-electron chi connectivity index (χ1n) is 4.13. The molecule has 0 heterocycles. The minimum Gasteiger partial charge on any atom is -0.330 e. The van der Waals surface area contributed by atoms with Gasteiger partial charge in [-0.2, -0.15) is 0 Å². The average Bonchev–Trinajstić information content (AvgIpc) is 2.17. The predicted molar refractivity (Wildman–Crippen MR) is 57.0 cm³/mol. The molecule has 1 aromatic carbocycles. The average molecular weight is 195 g/mol. The van der Waals surface area contributed by atoms with Crippen LogP contribution in [0.5, 0.6) is 0 Å². The molecule has 1 unspecified atom stereocenters. The second kappa shape index (κ2) is 4.33. The fraction of sp³-hybridized carbons (Fsp3) is 0.300. The summed E-state index contributed by atoms with van der Waals surface area (Å²) in [6.45, 7) is 1.98. The Bertz CT molecular complexity index is 286. The van der Waals surface area contributed by atoms with Crippen LogP contribution in [0.1, 0.15) is 18.5 Å². The summed E-state index contributed by atoms with van der Waals surface area (Å²) in [7, 11) is 1.74. The van der Waals surface area contributed by atoms with Gasteiger partial charge in [-0.3, -0.25) is 4.79 Å². The van der Waals surface area contributed by atoms with E-state index in [9.17, 15) is 4.79 Å². The van der Waals surface area contributed by atoms with Crippen LogP contribution in [-0.2, 0) is 0 Å². The highest BCUT2D eigenvalue weighted by Gasteiger charge is 2.13. The Kier molecular flexibility index (Phi) is 3.37. The molecule has 0 saturated carbocycles. The third-order valence-electron chi connectivity index (χ3n) is 2.16. The Balaban J connectivity index is 2.79. The van der Waals surface area contributed by atoms with E-state index in [1.807, 2.05) is 37.3 Å². The maximum atomic E-state index is 10.9. The first kappa shape index (κ1) is 10.1. The zero-order chi connectivity index (χ0) is 9.84. The fourth-order valence-electron chi connectivity index (χ4n) is 1.12. The number of rotatable bonds is 2. The molecular weight excluding hydrogens is 182 g/mol. The van der Waals surface area contributed by atoms with Crippen molar-refractivity contribution in [2.24, 2.45) is 0 Å². The van der Waals surface area contributed by atoms with Crippen molar-refractivity contribution >= 4 is 17.9 Å². The third kappa shape index (κ3) is 2.49. The molecule has 0 aliphatic heterocycles. The Hall–Kier alpha value is -0.960. The van der Waals surface area contributed by atoms with Gasteiger partial charge < -0.3 is 4.90 Å². The van der Waals surface area contributed by atoms with E-state index in [0.717, 1.165) is 5.56 Å². The standard InChI is InChI=1S/C10H13NOS/c1-8(11(2)10(12)13)9-6-4-3-5-7-9/h3-8H,1-2H3,(H,12,13). The zero-order valence-corrected chi connectivity index (χ0v) is 8.66. The maximum absolute atomic E-state index is 10.9. The SMILES string of the molecule is CC(c1ccccc1)N(C)C(=O)S. The van der Waals surface area contributed by atoms with Crippen molar-refractivity contribution < 1.29 is 4.79 Å². The van der Waals surface area contributed by atoms with Crippen LogP contribution >= 0.6 is 12.6 Å². The number of nitrogens with zero attached hydrogens (tertiary/aromatic N) is 1. The van der Waals surface area contributed by atoms with Crippen LogP contribution in [0.25, 0.3) is 0 Å². The molecule has 1 rings (SSSR count). The van der Waals surface area contributed by atoms with Gasteiger partial charge in [0.1, 0.15) is 0 Å². The van der Waals surface area contributed by atoms with E-state index in [1.54, 1.807) is 11.9 Å². The van der Waals surface area contributed by atoms with E-state index in [0.29, 0.717) is 0 Å². The summed E-state index contributed by atoms with van der Waals surface area (Å²) in [6, 6.07) is 9.95. The van der Waals surface area contributed by atoms with Crippen LogP contribution < -0.4 is 0 Å². The van der Waals surface area contributed by atoms with Gasteiger partial charge in [-0.15, -0.1) is 0 Å². The summed E-state index contributed by atoms with van der Waals surface area (Å²) >= 11 is 3.77. The van der Waals surface area contributed by atoms with Crippen LogP contribution in [0.3, 0.4) is 0 Å². The first-order valence-corrected chi connectivity index (χ1v) is 4.58. The monoisotopic (exact) mass is 195 g/mol. The van der Waals surface area contributed by atoms with Crippen molar-refractivity contribution in [2.45, 2.75) is 13.0 Å². The summed E-state index contributed by atoms with van der Waals surface area (Å²) in [6.07, 6.45) is 0.